The summed E-state index contributed by atoms with van der Waals surface area (Å²) in [7, 11) is 0. The van der Waals surface area contributed by atoms with E-state index in [2.05, 4.69) is 5.32 Å². The van der Waals surface area contributed by atoms with Crippen molar-refractivity contribution in [3.05, 3.63) is 56.5 Å². The molecule has 120 valence electrons. The van der Waals surface area contributed by atoms with Crippen LogP contribution < -0.4 is 5.32 Å². The lowest BCUT2D eigenvalue weighted by molar-refractivity contribution is -0.385. The summed E-state index contributed by atoms with van der Waals surface area (Å²) in [5, 5.41) is 15.8. The summed E-state index contributed by atoms with van der Waals surface area (Å²) in [6.45, 7) is 1.87. The van der Waals surface area contributed by atoms with Gasteiger partial charge in [0.15, 0.2) is 0 Å². The van der Waals surface area contributed by atoms with E-state index in [1.165, 1.54) is 29.5 Å². The van der Waals surface area contributed by atoms with Gasteiger partial charge in [0.1, 0.15) is 16.4 Å². The lowest BCUT2D eigenvalue weighted by Crippen LogP contribution is -2.15. The van der Waals surface area contributed by atoms with Crippen LogP contribution in [0.5, 0.6) is 0 Å². The summed E-state index contributed by atoms with van der Waals surface area (Å²) in [6.07, 6.45) is 0.564. The predicted molar refractivity (Wildman–Crippen MR) is 89.6 cm³/mol. The van der Waals surface area contributed by atoms with E-state index in [1.807, 2.05) is 6.92 Å². The molecule has 1 amide bonds. The molecule has 0 spiro atoms. The van der Waals surface area contributed by atoms with Gasteiger partial charge in [0.25, 0.3) is 5.69 Å². The van der Waals surface area contributed by atoms with Crippen molar-refractivity contribution >= 4 is 45.3 Å². The van der Waals surface area contributed by atoms with E-state index in [9.17, 15) is 19.7 Å². The molecule has 1 heterocycles. The third-order valence-electron chi connectivity index (χ3n) is 3.19. The van der Waals surface area contributed by atoms with Gasteiger partial charge in [0.2, 0.25) is 11.7 Å². The molecule has 2 rings (SSSR count). The fraction of sp³-hybridized carbons (Fsp3) is 0.200. The van der Waals surface area contributed by atoms with Gasteiger partial charge in [-0.2, -0.15) is 0 Å². The zero-order valence-corrected chi connectivity index (χ0v) is 13.7. The lowest BCUT2D eigenvalue weighted by atomic mass is 9.99. The van der Waals surface area contributed by atoms with E-state index in [0.29, 0.717) is 11.4 Å². The molecule has 23 heavy (non-hydrogen) atoms. The van der Waals surface area contributed by atoms with Gasteiger partial charge in [-0.15, -0.1) is 22.9 Å². The first kappa shape index (κ1) is 17.1. The Morgan fingerprint density at radius 2 is 2.04 bits per heavy atom. The number of anilines is 1. The number of aryl methyl sites for hydroxylation is 1. The monoisotopic (exact) mass is 352 g/mol. The second-order valence-corrected chi connectivity index (χ2v) is 5.75. The van der Waals surface area contributed by atoms with Crippen LogP contribution in [0.15, 0.2) is 29.6 Å². The van der Waals surface area contributed by atoms with Crippen molar-refractivity contribution in [3.8, 4) is 0 Å². The lowest BCUT2D eigenvalue weighted by Gasteiger charge is -2.07. The van der Waals surface area contributed by atoms with Crippen molar-refractivity contribution in [2.45, 2.75) is 13.3 Å². The van der Waals surface area contributed by atoms with Gasteiger partial charge in [-0.3, -0.25) is 19.7 Å². The molecule has 0 aliphatic carbocycles. The van der Waals surface area contributed by atoms with Gasteiger partial charge in [0, 0.05) is 6.07 Å². The average Bonchev–Trinajstić information content (AvgIpc) is 2.96. The zero-order valence-electron chi connectivity index (χ0n) is 12.2. The number of carbonyl (C=O) groups is 2. The van der Waals surface area contributed by atoms with Crippen molar-refractivity contribution < 1.29 is 14.5 Å². The predicted octanol–water partition coefficient (Wildman–Crippen LogP) is 3.63. The molecule has 0 aliphatic heterocycles. The Morgan fingerprint density at radius 1 is 1.35 bits per heavy atom. The minimum atomic E-state index is -0.595. The average molecular weight is 353 g/mol. The van der Waals surface area contributed by atoms with Crippen molar-refractivity contribution in [1.29, 1.82) is 0 Å². The van der Waals surface area contributed by atoms with Crippen LogP contribution in [0.2, 0.25) is 0 Å². The number of rotatable bonds is 6. The Balaban J connectivity index is 2.53. The summed E-state index contributed by atoms with van der Waals surface area (Å²) >= 11 is 6.68. The molecule has 1 aromatic carbocycles. The number of ketones is 1. The molecule has 1 N–H and O–H groups in total. The number of amides is 1. The van der Waals surface area contributed by atoms with Gasteiger partial charge in [-0.05, 0) is 23.4 Å². The topological polar surface area (TPSA) is 89.3 Å². The number of nitrogens with zero attached hydrogens (tertiary/aromatic N) is 1. The largest absolute Gasteiger partial charge is 0.316 e. The van der Waals surface area contributed by atoms with E-state index in [-0.39, 0.29) is 22.7 Å². The first-order chi connectivity index (χ1) is 11.0. The number of hydrogen-bond donors (Lipinski definition) is 1. The molecule has 6 nitrogen and oxygen atoms in total. The fourth-order valence-corrected chi connectivity index (χ4v) is 3.24. The Kier molecular flexibility index (Phi) is 5.46. The smallest absolute Gasteiger partial charge is 0.280 e. The molecule has 0 bridgehead atoms. The molecular weight excluding hydrogens is 340 g/mol. The maximum absolute atomic E-state index is 12.8. The minimum Gasteiger partial charge on any atom is -0.316 e. The van der Waals surface area contributed by atoms with Gasteiger partial charge < -0.3 is 5.32 Å². The van der Waals surface area contributed by atoms with Crippen LogP contribution in [-0.2, 0) is 11.2 Å². The van der Waals surface area contributed by atoms with Gasteiger partial charge in [-0.25, -0.2) is 0 Å². The van der Waals surface area contributed by atoms with Crippen LogP contribution in [0.4, 0.5) is 10.7 Å². The van der Waals surface area contributed by atoms with Crippen LogP contribution in [-0.4, -0.2) is 22.5 Å². The van der Waals surface area contributed by atoms with E-state index in [1.54, 1.807) is 11.4 Å². The fourth-order valence-electron chi connectivity index (χ4n) is 2.11. The number of para-hydroxylation sites is 1. The second kappa shape index (κ2) is 7.34. The van der Waals surface area contributed by atoms with E-state index < -0.39 is 16.6 Å². The van der Waals surface area contributed by atoms with Crippen LogP contribution in [0.3, 0.4) is 0 Å². The van der Waals surface area contributed by atoms with Crippen LogP contribution in [0.25, 0.3) is 0 Å². The normalized spacial score (nSPS) is 10.3. The molecule has 0 radical (unpaired) electrons. The molecule has 8 heteroatoms. The maximum Gasteiger partial charge on any atom is 0.280 e. The standard InChI is InChI=1S/C15H13ClN2O4S/c1-2-9-8-23-15(17-12(19)7-16)13(9)14(20)10-5-3-4-6-11(10)18(21)22/h3-6,8H,2,7H2,1H3,(H,17,19). The maximum atomic E-state index is 12.8. The first-order valence-corrected chi connectivity index (χ1v) is 8.15. The molecule has 0 atom stereocenters. The van der Waals surface area contributed by atoms with Crippen molar-refractivity contribution in [2.75, 3.05) is 11.2 Å². The molecule has 0 saturated carbocycles. The highest BCUT2D eigenvalue weighted by molar-refractivity contribution is 7.15. The van der Waals surface area contributed by atoms with E-state index >= 15 is 0 Å². The molecule has 1 aromatic heterocycles. The number of halogens is 1. The Bertz CT molecular complexity index is 773. The van der Waals surface area contributed by atoms with Gasteiger partial charge in [-0.1, -0.05) is 19.1 Å². The number of hydrogen-bond acceptors (Lipinski definition) is 5. The summed E-state index contributed by atoms with van der Waals surface area (Å²) < 4.78 is 0. The van der Waals surface area contributed by atoms with Crippen LogP contribution >= 0.6 is 22.9 Å². The van der Waals surface area contributed by atoms with Gasteiger partial charge in [0.05, 0.1) is 10.5 Å². The SMILES string of the molecule is CCc1csc(NC(=O)CCl)c1C(=O)c1ccccc1[N+](=O)[O-]. The molecular formula is C15H13ClN2O4S. The molecule has 2 aromatic rings. The quantitative estimate of drug-likeness (QED) is 0.372. The molecule has 0 fully saturated rings. The molecule has 0 unspecified atom stereocenters. The Morgan fingerprint density at radius 3 is 2.65 bits per heavy atom. The highest BCUT2D eigenvalue weighted by atomic mass is 35.5. The van der Waals surface area contributed by atoms with Crippen molar-refractivity contribution in [3.63, 3.8) is 0 Å². The van der Waals surface area contributed by atoms with Crippen molar-refractivity contribution in [2.24, 2.45) is 0 Å². The summed E-state index contributed by atoms with van der Waals surface area (Å²) in [5.74, 6) is -1.16. The Hall–Kier alpha value is -2.25. The number of thiophene rings is 1. The number of benzene rings is 1. The highest BCUT2D eigenvalue weighted by Gasteiger charge is 2.26. The summed E-state index contributed by atoms with van der Waals surface area (Å²) in [5.41, 5.74) is 0.737. The Labute approximate surface area is 141 Å². The number of nitrogens with one attached hydrogen (secondary N) is 1. The van der Waals surface area contributed by atoms with Crippen LogP contribution in [0.1, 0.15) is 28.4 Å². The van der Waals surface area contributed by atoms with E-state index in [0.717, 1.165) is 5.56 Å². The summed E-state index contributed by atoms with van der Waals surface area (Å²) in [6, 6.07) is 5.75. The van der Waals surface area contributed by atoms with Gasteiger partial charge >= 0.3 is 0 Å². The second-order valence-electron chi connectivity index (χ2n) is 4.60. The van der Waals surface area contributed by atoms with Crippen LogP contribution in [0, 0.1) is 10.1 Å². The molecule has 0 saturated heterocycles. The summed E-state index contributed by atoms with van der Waals surface area (Å²) in [4.78, 5) is 34.9. The molecule has 0 aliphatic rings. The first-order valence-electron chi connectivity index (χ1n) is 6.73. The number of nitro benzene ring substituents is 1. The number of alkyl halides is 1. The van der Waals surface area contributed by atoms with Crippen molar-refractivity contribution in [1.82, 2.24) is 0 Å². The highest BCUT2D eigenvalue weighted by Crippen LogP contribution is 2.33. The number of nitro groups is 1. The number of carbonyl (C=O) groups excluding carboxylic acids is 2. The zero-order chi connectivity index (χ0) is 17.0. The third-order valence-corrected chi connectivity index (χ3v) is 4.38. The third kappa shape index (κ3) is 3.57. The minimum absolute atomic E-state index is 0.00743. The van der Waals surface area contributed by atoms with E-state index in [4.69, 9.17) is 11.6 Å².